The van der Waals surface area contributed by atoms with Gasteiger partial charge in [-0.1, -0.05) is 19.8 Å². The van der Waals surface area contributed by atoms with Crippen LogP contribution in [0, 0.1) is 0 Å². The molecular formula is C13H28N2O2. The summed E-state index contributed by atoms with van der Waals surface area (Å²) in [6, 6.07) is 0.171. The Morgan fingerprint density at radius 2 is 2.00 bits per heavy atom. The first-order valence-electron chi connectivity index (χ1n) is 6.65. The number of hydrogen-bond donors (Lipinski definition) is 2. The van der Waals surface area contributed by atoms with E-state index in [1.54, 1.807) is 0 Å². The van der Waals surface area contributed by atoms with Gasteiger partial charge in [0.2, 0.25) is 0 Å². The summed E-state index contributed by atoms with van der Waals surface area (Å²) < 4.78 is 0. The fourth-order valence-corrected chi connectivity index (χ4v) is 1.58. The van der Waals surface area contributed by atoms with E-state index in [-0.39, 0.29) is 6.04 Å². The molecule has 0 amide bonds. The maximum absolute atomic E-state index is 11.0. The van der Waals surface area contributed by atoms with Crippen LogP contribution in [0.2, 0.25) is 0 Å². The van der Waals surface area contributed by atoms with Crippen LogP contribution >= 0.6 is 0 Å². The first-order valence-corrected chi connectivity index (χ1v) is 6.65. The maximum atomic E-state index is 11.0. The zero-order valence-electron chi connectivity index (χ0n) is 11.7. The molecule has 0 aliphatic rings. The molecule has 0 spiro atoms. The molecule has 4 heteroatoms. The van der Waals surface area contributed by atoms with Gasteiger partial charge in [-0.2, -0.15) is 0 Å². The Morgan fingerprint density at radius 1 is 1.35 bits per heavy atom. The smallest absolute Gasteiger partial charge is 0.320 e. The summed E-state index contributed by atoms with van der Waals surface area (Å²) in [6.07, 6.45) is 3.73. The molecule has 0 heterocycles. The highest BCUT2D eigenvalue weighted by Gasteiger charge is 2.15. The summed E-state index contributed by atoms with van der Waals surface area (Å²) in [4.78, 5) is 13.2. The van der Waals surface area contributed by atoms with Crippen molar-refractivity contribution in [3.05, 3.63) is 0 Å². The average Bonchev–Trinajstić information content (AvgIpc) is 2.27. The summed E-state index contributed by atoms with van der Waals surface area (Å²) >= 11 is 0. The van der Waals surface area contributed by atoms with Crippen molar-refractivity contribution in [2.24, 2.45) is 0 Å². The predicted molar refractivity (Wildman–Crippen MR) is 71.3 cm³/mol. The summed E-state index contributed by atoms with van der Waals surface area (Å²) in [6.45, 7) is 8.18. The summed E-state index contributed by atoms with van der Waals surface area (Å²) in [5.74, 6) is -0.726. The van der Waals surface area contributed by atoms with Gasteiger partial charge in [-0.05, 0) is 46.8 Å². The van der Waals surface area contributed by atoms with Crippen LogP contribution in [0.15, 0.2) is 0 Å². The van der Waals surface area contributed by atoms with Gasteiger partial charge in [0.05, 0.1) is 0 Å². The molecule has 0 rings (SSSR count). The normalized spacial score (nSPS) is 13.3. The van der Waals surface area contributed by atoms with Crippen LogP contribution in [0.25, 0.3) is 0 Å². The number of aliphatic carboxylic acids is 1. The number of nitrogens with one attached hydrogen (secondary N) is 1. The van der Waals surface area contributed by atoms with Crippen molar-refractivity contribution in [2.45, 2.75) is 58.5 Å². The Labute approximate surface area is 105 Å². The van der Waals surface area contributed by atoms with Crippen molar-refractivity contribution in [2.75, 3.05) is 20.1 Å². The Kier molecular flexibility index (Phi) is 9.09. The second-order valence-corrected chi connectivity index (χ2v) is 4.92. The minimum atomic E-state index is -0.726. The molecule has 102 valence electrons. The molecule has 1 unspecified atom stereocenters. The number of carboxylic acids is 1. The quantitative estimate of drug-likeness (QED) is 0.577. The molecule has 0 aliphatic carbocycles. The lowest BCUT2D eigenvalue weighted by Gasteiger charge is -2.21. The van der Waals surface area contributed by atoms with Crippen molar-refractivity contribution < 1.29 is 9.90 Å². The number of carboxylic acid groups (broad SMARTS) is 1. The highest BCUT2D eigenvalue weighted by molar-refractivity contribution is 5.73. The molecule has 0 fully saturated rings. The number of nitrogens with zero attached hydrogens (tertiary/aromatic N) is 1. The monoisotopic (exact) mass is 244 g/mol. The third kappa shape index (κ3) is 8.16. The minimum absolute atomic E-state index is 0.376. The largest absolute Gasteiger partial charge is 0.480 e. The standard InChI is InChI=1S/C13H28N2O2/c1-5-6-8-12(13(16)17)14-9-7-10-15(4)11(2)3/h11-12,14H,5-10H2,1-4H3,(H,16,17). The summed E-state index contributed by atoms with van der Waals surface area (Å²) in [5, 5.41) is 12.1. The lowest BCUT2D eigenvalue weighted by atomic mass is 10.1. The van der Waals surface area contributed by atoms with E-state index in [0.717, 1.165) is 38.8 Å². The Morgan fingerprint density at radius 3 is 2.47 bits per heavy atom. The molecule has 0 radical (unpaired) electrons. The van der Waals surface area contributed by atoms with E-state index in [9.17, 15) is 4.79 Å². The lowest BCUT2D eigenvalue weighted by molar-refractivity contribution is -0.139. The third-order valence-electron chi connectivity index (χ3n) is 3.10. The number of carbonyl (C=O) groups is 1. The molecule has 17 heavy (non-hydrogen) atoms. The minimum Gasteiger partial charge on any atom is -0.480 e. The molecule has 0 aromatic rings. The number of unbranched alkanes of at least 4 members (excludes halogenated alkanes) is 1. The molecule has 4 nitrogen and oxygen atoms in total. The van der Waals surface area contributed by atoms with Gasteiger partial charge in [0.1, 0.15) is 6.04 Å². The number of hydrogen-bond acceptors (Lipinski definition) is 3. The second kappa shape index (κ2) is 9.42. The fourth-order valence-electron chi connectivity index (χ4n) is 1.58. The molecule has 0 bridgehead atoms. The van der Waals surface area contributed by atoms with E-state index in [1.807, 2.05) is 0 Å². The van der Waals surface area contributed by atoms with Crippen molar-refractivity contribution in [1.82, 2.24) is 10.2 Å². The summed E-state index contributed by atoms with van der Waals surface area (Å²) in [7, 11) is 2.09. The van der Waals surface area contributed by atoms with Crippen molar-refractivity contribution in [3.8, 4) is 0 Å². The van der Waals surface area contributed by atoms with Gasteiger partial charge in [0, 0.05) is 6.04 Å². The first kappa shape index (κ1) is 16.4. The molecule has 0 saturated carbocycles. The zero-order valence-corrected chi connectivity index (χ0v) is 11.7. The van der Waals surface area contributed by atoms with Crippen LogP contribution in [-0.4, -0.2) is 48.2 Å². The van der Waals surface area contributed by atoms with E-state index < -0.39 is 5.97 Å². The van der Waals surface area contributed by atoms with Crippen LogP contribution in [0.4, 0.5) is 0 Å². The van der Waals surface area contributed by atoms with Gasteiger partial charge < -0.3 is 15.3 Å². The maximum Gasteiger partial charge on any atom is 0.320 e. The van der Waals surface area contributed by atoms with Crippen molar-refractivity contribution in [3.63, 3.8) is 0 Å². The molecule has 1 atom stereocenters. The second-order valence-electron chi connectivity index (χ2n) is 4.92. The first-order chi connectivity index (χ1) is 7.99. The van der Waals surface area contributed by atoms with E-state index >= 15 is 0 Å². The van der Waals surface area contributed by atoms with Gasteiger partial charge >= 0.3 is 5.97 Å². The lowest BCUT2D eigenvalue weighted by Crippen LogP contribution is -2.38. The Hall–Kier alpha value is -0.610. The molecule has 0 aromatic carbocycles. The molecule has 0 aromatic heterocycles. The van der Waals surface area contributed by atoms with E-state index in [0.29, 0.717) is 6.04 Å². The molecule has 2 N–H and O–H groups in total. The fraction of sp³-hybridized carbons (Fsp3) is 0.923. The van der Waals surface area contributed by atoms with Crippen LogP contribution in [-0.2, 0) is 4.79 Å². The van der Waals surface area contributed by atoms with E-state index in [1.165, 1.54) is 0 Å². The highest BCUT2D eigenvalue weighted by atomic mass is 16.4. The van der Waals surface area contributed by atoms with Crippen LogP contribution < -0.4 is 5.32 Å². The SMILES string of the molecule is CCCCC(NCCCN(C)C(C)C)C(=O)O. The predicted octanol–water partition coefficient (Wildman–Crippen LogP) is 1.95. The van der Waals surface area contributed by atoms with E-state index in [2.05, 4.69) is 38.0 Å². The van der Waals surface area contributed by atoms with E-state index in [4.69, 9.17) is 5.11 Å². The molecule has 0 saturated heterocycles. The Bertz CT molecular complexity index is 208. The Balaban J connectivity index is 3.71. The number of rotatable bonds is 10. The highest BCUT2D eigenvalue weighted by Crippen LogP contribution is 2.01. The van der Waals surface area contributed by atoms with Gasteiger partial charge in [0.15, 0.2) is 0 Å². The van der Waals surface area contributed by atoms with Gasteiger partial charge in [-0.3, -0.25) is 4.79 Å². The zero-order chi connectivity index (χ0) is 13.3. The molecule has 0 aliphatic heterocycles. The summed E-state index contributed by atoms with van der Waals surface area (Å²) in [5.41, 5.74) is 0. The molecular weight excluding hydrogens is 216 g/mol. The van der Waals surface area contributed by atoms with Gasteiger partial charge in [-0.15, -0.1) is 0 Å². The van der Waals surface area contributed by atoms with Crippen LogP contribution in [0.5, 0.6) is 0 Å². The average molecular weight is 244 g/mol. The van der Waals surface area contributed by atoms with Gasteiger partial charge in [-0.25, -0.2) is 0 Å². The van der Waals surface area contributed by atoms with Crippen molar-refractivity contribution >= 4 is 5.97 Å². The van der Waals surface area contributed by atoms with Crippen molar-refractivity contribution in [1.29, 1.82) is 0 Å². The van der Waals surface area contributed by atoms with Crippen LogP contribution in [0.1, 0.15) is 46.5 Å². The van der Waals surface area contributed by atoms with Gasteiger partial charge in [0.25, 0.3) is 0 Å². The third-order valence-corrected chi connectivity index (χ3v) is 3.10. The van der Waals surface area contributed by atoms with Crippen LogP contribution in [0.3, 0.4) is 0 Å². The topological polar surface area (TPSA) is 52.6 Å².